The second-order valence-electron chi connectivity index (χ2n) is 11.2. The summed E-state index contributed by atoms with van der Waals surface area (Å²) in [5.74, 6) is -0.374. The molecule has 39 heavy (non-hydrogen) atoms. The van der Waals surface area contributed by atoms with E-state index in [9.17, 15) is 9.59 Å². The van der Waals surface area contributed by atoms with Gasteiger partial charge in [0.25, 0.3) is 11.8 Å². The maximum absolute atomic E-state index is 12.9. The predicted molar refractivity (Wildman–Crippen MR) is 158 cm³/mol. The second kappa shape index (κ2) is 11.3. The average Bonchev–Trinajstić information content (AvgIpc) is 2.93. The maximum Gasteiger partial charge on any atom is 0.255 e. The van der Waals surface area contributed by atoms with Gasteiger partial charge in [-0.2, -0.15) is 0 Å². The van der Waals surface area contributed by atoms with Crippen LogP contribution in [0.4, 0.5) is 11.4 Å². The van der Waals surface area contributed by atoms with Crippen molar-refractivity contribution in [3.63, 3.8) is 0 Å². The molecule has 1 aliphatic rings. The molecule has 5 heteroatoms. The normalized spacial score (nSPS) is 13.4. The summed E-state index contributed by atoms with van der Waals surface area (Å²) in [6.07, 6.45) is 1.07. The van der Waals surface area contributed by atoms with Crippen molar-refractivity contribution in [2.45, 2.75) is 45.7 Å². The van der Waals surface area contributed by atoms with E-state index in [0.29, 0.717) is 22.5 Å². The molecule has 5 rings (SSSR count). The van der Waals surface area contributed by atoms with E-state index in [1.807, 2.05) is 66.7 Å². The zero-order valence-electron chi connectivity index (χ0n) is 22.8. The molecule has 1 heterocycles. The molecule has 0 fully saturated rings. The van der Waals surface area contributed by atoms with Crippen LogP contribution in [0.3, 0.4) is 0 Å². The molecule has 4 aromatic carbocycles. The zero-order valence-corrected chi connectivity index (χ0v) is 22.8. The van der Waals surface area contributed by atoms with Gasteiger partial charge in [-0.1, -0.05) is 75.4 Å². The van der Waals surface area contributed by atoms with Crippen LogP contribution in [0.5, 0.6) is 0 Å². The first kappa shape index (κ1) is 26.4. The highest BCUT2D eigenvalue weighted by Crippen LogP contribution is 2.24. The molecule has 4 aromatic rings. The number of nitrogens with zero attached hydrogens (tertiary/aromatic N) is 1. The molecule has 0 aliphatic carbocycles. The third-order valence-electron chi connectivity index (χ3n) is 7.22. The minimum absolute atomic E-state index is 0.0299. The molecule has 0 saturated heterocycles. The number of fused-ring (bicyclic) bond motifs is 1. The van der Waals surface area contributed by atoms with Crippen LogP contribution in [0.2, 0.25) is 0 Å². The van der Waals surface area contributed by atoms with Crippen LogP contribution in [0, 0.1) is 0 Å². The third kappa shape index (κ3) is 6.62. The predicted octanol–water partition coefficient (Wildman–Crippen LogP) is 7.05. The van der Waals surface area contributed by atoms with Crippen LogP contribution in [-0.2, 0) is 24.9 Å². The topological polar surface area (TPSA) is 61.4 Å². The molecule has 0 aromatic heterocycles. The fraction of sp³-hybridized carbons (Fsp3) is 0.235. The Labute approximate surface area is 230 Å². The van der Waals surface area contributed by atoms with Crippen LogP contribution >= 0.6 is 0 Å². The fourth-order valence-corrected chi connectivity index (χ4v) is 4.91. The van der Waals surface area contributed by atoms with E-state index in [2.05, 4.69) is 60.6 Å². The van der Waals surface area contributed by atoms with Gasteiger partial charge in [0.2, 0.25) is 0 Å². The summed E-state index contributed by atoms with van der Waals surface area (Å²) in [5.41, 5.74) is 7.66. The first-order valence-corrected chi connectivity index (χ1v) is 13.5. The number of rotatable bonds is 6. The summed E-state index contributed by atoms with van der Waals surface area (Å²) < 4.78 is 0. The fourth-order valence-electron chi connectivity index (χ4n) is 4.91. The van der Waals surface area contributed by atoms with Crippen LogP contribution in [-0.4, -0.2) is 23.3 Å². The average molecular weight is 518 g/mol. The second-order valence-corrected chi connectivity index (χ2v) is 11.2. The van der Waals surface area contributed by atoms with Crippen molar-refractivity contribution in [1.82, 2.24) is 4.90 Å². The van der Waals surface area contributed by atoms with E-state index < -0.39 is 0 Å². The molecule has 0 saturated carbocycles. The largest absolute Gasteiger partial charge is 0.322 e. The summed E-state index contributed by atoms with van der Waals surface area (Å²) in [6, 6.07) is 31.3. The monoisotopic (exact) mass is 517 g/mol. The van der Waals surface area contributed by atoms with Crippen molar-refractivity contribution in [2.75, 3.05) is 17.2 Å². The van der Waals surface area contributed by atoms with Crippen LogP contribution < -0.4 is 10.6 Å². The maximum atomic E-state index is 12.9. The molecule has 2 N–H and O–H groups in total. The quantitative estimate of drug-likeness (QED) is 0.288. The summed E-state index contributed by atoms with van der Waals surface area (Å²) in [7, 11) is 0. The lowest BCUT2D eigenvalue weighted by atomic mass is 9.87. The molecule has 0 radical (unpaired) electrons. The number of carbonyl (C=O) groups excluding carboxylic acids is 2. The zero-order chi connectivity index (χ0) is 27.4. The van der Waals surface area contributed by atoms with Crippen molar-refractivity contribution in [3.05, 3.63) is 130 Å². The minimum Gasteiger partial charge on any atom is -0.322 e. The van der Waals surface area contributed by atoms with Crippen molar-refractivity contribution in [1.29, 1.82) is 0 Å². The molecule has 1 aliphatic heterocycles. The third-order valence-corrected chi connectivity index (χ3v) is 7.22. The first-order chi connectivity index (χ1) is 18.7. The molecule has 0 unspecified atom stereocenters. The van der Waals surface area contributed by atoms with Crippen molar-refractivity contribution >= 4 is 23.2 Å². The van der Waals surface area contributed by atoms with E-state index in [-0.39, 0.29) is 17.2 Å². The SMILES string of the molecule is CC(C)(C)c1ccc(C(=O)Nc2cccc(NC(=O)c3ccc(CN4CCc5ccccc5C4)cc3)c2)cc1. The lowest BCUT2D eigenvalue weighted by Gasteiger charge is -2.28. The lowest BCUT2D eigenvalue weighted by molar-refractivity contribution is 0.101. The van der Waals surface area contributed by atoms with Crippen LogP contribution in [0.15, 0.2) is 97.1 Å². The summed E-state index contributed by atoms with van der Waals surface area (Å²) >= 11 is 0. The number of carbonyl (C=O) groups is 2. The number of amides is 2. The molecule has 0 atom stereocenters. The Kier molecular flexibility index (Phi) is 7.62. The number of benzene rings is 4. The Morgan fingerprint density at radius 2 is 1.28 bits per heavy atom. The number of anilines is 2. The molecular weight excluding hydrogens is 482 g/mol. The smallest absolute Gasteiger partial charge is 0.255 e. The van der Waals surface area contributed by atoms with Crippen LogP contribution in [0.1, 0.15) is 63.7 Å². The Balaban J connectivity index is 1.17. The number of hydrogen-bond acceptors (Lipinski definition) is 3. The van der Waals surface area contributed by atoms with E-state index in [1.54, 1.807) is 6.07 Å². The Morgan fingerprint density at radius 1 is 0.718 bits per heavy atom. The molecule has 2 amide bonds. The molecule has 5 nitrogen and oxygen atoms in total. The Hall–Kier alpha value is -4.22. The van der Waals surface area contributed by atoms with Crippen molar-refractivity contribution in [2.24, 2.45) is 0 Å². The van der Waals surface area contributed by atoms with E-state index in [1.165, 1.54) is 22.3 Å². The van der Waals surface area contributed by atoms with Gasteiger partial charge in [0, 0.05) is 42.1 Å². The number of nitrogens with one attached hydrogen (secondary N) is 2. The summed E-state index contributed by atoms with van der Waals surface area (Å²) in [5, 5.41) is 5.87. The lowest BCUT2D eigenvalue weighted by Crippen LogP contribution is -2.29. The van der Waals surface area contributed by atoms with Gasteiger partial charge in [0.05, 0.1) is 0 Å². The Morgan fingerprint density at radius 3 is 1.87 bits per heavy atom. The molecule has 0 spiro atoms. The minimum atomic E-state index is -0.188. The van der Waals surface area contributed by atoms with Crippen molar-refractivity contribution in [3.8, 4) is 0 Å². The van der Waals surface area contributed by atoms with Gasteiger partial charge in [0.1, 0.15) is 0 Å². The standard InChI is InChI=1S/C34H35N3O2/c1-34(2,3)29-17-15-27(16-18-29)33(39)36-31-10-6-9-30(21-31)35-32(38)26-13-11-24(12-14-26)22-37-20-19-25-7-4-5-8-28(25)23-37/h4-18,21H,19-20,22-23H2,1-3H3,(H,35,38)(H,36,39). The Bertz CT molecular complexity index is 1470. The van der Waals surface area contributed by atoms with Gasteiger partial charge in [-0.05, 0) is 76.6 Å². The highest BCUT2D eigenvalue weighted by atomic mass is 16.2. The highest BCUT2D eigenvalue weighted by molar-refractivity contribution is 6.06. The summed E-state index contributed by atoms with van der Waals surface area (Å²) in [6.45, 7) is 9.28. The highest BCUT2D eigenvalue weighted by Gasteiger charge is 2.17. The molecule has 198 valence electrons. The van der Waals surface area contributed by atoms with Gasteiger partial charge in [-0.15, -0.1) is 0 Å². The summed E-state index contributed by atoms with van der Waals surface area (Å²) in [4.78, 5) is 28.1. The van der Waals surface area contributed by atoms with E-state index in [0.717, 1.165) is 26.1 Å². The van der Waals surface area contributed by atoms with Gasteiger partial charge >= 0.3 is 0 Å². The van der Waals surface area contributed by atoms with E-state index >= 15 is 0 Å². The molecular formula is C34H35N3O2. The van der Waals surface area contributed by atoms with Gasteiger partial charge in [0.15, 0.2) is 0 Å². The first-order valence-electron chi connectivity index (χ1n) is 13.5. The van der Waals surface area contributed by atoms with Gasteiger partial charge < -0.3 is 10.6 Å². The van der Waals surface area contributed by atoms with E-state index in [4.69, 9.17) is 0 Å². The number of hydrogen-bond donors (Lipinski definition) is 2. The molecule has 0 bridgehead atoms. The van der Waals surface area contributed by atoms with Crippen molar-refractivity contribution < 1.29 is 9.59 Å². The van der Waals surface area contributed by atoms with Gasteiger partial charge in [-0.3, -0.25) is 14.5 Å². The van der Waals surface area contributed by atoms with Gasteiger partial charge in [-0.25, -0.2) is 0 Å². The van der Waals surface area contributed by atoms with Crippen LogP contribution in [0.25, 0.3) is 0 Å².